The molecule has 0 atom stereocenters. The first-order valence-electron chi connectivity index (χ1n) is 5.20. The Bertz CT molecular complexity index is 654. The van der Waals surface area contributed by atoms with E-state index in [0.717, 1.165) is 0 Å². The molecule has 0 spiro atoms. The highest BCUT2D eigenvalue weighted by Crippen LogP contribution is 2.37. The monoisotopic (exact) mass is 330 g/mol. The second-order valence-corrected chi connectivity index (χ2v) is 5.29. The predicted molar refractivity (Wildman–Crippen MR) is 79.0 cm³/mol. The number of aromatic nitrogens is 1. The van der Waals surface area contributed by atoms with E-state index in [-0.39, 0.29) is 11.4 Å². The van der Waals surface area contributed by atoms with Gasteiger partial charge in [-0.3, -0.25) is 4.98 Å². The second kappa shape index (κ2) is 5.98. The zero-order chi connectivity index (χ0) is 14.0. The molecule has 0 fully saturated rings. The number of nitriles is 1. The van der Waals surface area contributed by atoms with Gasteiger partial charge in [-0.15, -0.1) is 0 Å². The number of hydrogen-bond donors (Lipinski definition) is 0. The van der Waals surface area contributed by atoms with Crippen LogP contribution >= 0.6 is 46.4 Å². The Kier molecular flexibility index (Phi) is 4.54. The summed E-state index contributed by atoms with van der Waals surface area (Å²) < 4.78 is 0. The van der Waals surface area contributed by atoms with E-state index in [1.54, 1.807) is 24.4 Å². The third-order valence-corrected chi connectivity index (χ3v) is 4.11. The summed E-state index contributed by atoms with van der Waals surface area (Å²) in [5, 5.41) is 10.1. The van der Waals surface area contributed by atoms with Crippen LogP contribution in [0.1, 0.15) is 5.56 Å². The first kappa shape index (κ1) is 14.4. The van der Waals surface area contributed by atoms with E-state index in [2.05, 4.69) is 4.98 Å². The normalized spacial score (nSPS) is 10.3. The van der Waals surface area contributed by atoms with Gasteiger partial charge in [0.2, 0.25) is 0 Å². The molecule has 0 unspecified atom stereocenters. The summed E-state index contributed by atoms with van der Waals surface area (Å²) in [7, 11) is 0. The molecule has 0 radical (unpaired) electrons. The number of benzene rings is 1. The van der Waals surface area contributed by atoms with E-state index in [1.165, 1.54) is 0 Å². The maximum Gasteiger partial charge on any atom is 0.0892 e. The molecule has 19 heavy (non-hydrogen) atoms. The Hall–Kier alpha value is -0.980. The minimum Gasteiger partial charge on any atom is -0.255 e. The van der Waals surface area contributed by atoms with Crippen molar-refractivity contribution in [1.29, 1.82) is 5.26 Å². The van der Waals surface area contributed by atoms with E-state index in [9.17, 15) is 0 Å². The maximum absolute atomic E-state index is 8.74. The zero-order valence-electron chi connectivity index (χ0n) is 9.42. The Morgan fingerprint density at radius 2 is 1.68 bits per heavy atom. The van der Waals surface area contributed by atoms with Crippen LogP contribution in [0.15, 0.2) is 24.4 Å². The fraction of sp³-hybridized carbons (Fsp3) is 0.0769. The molecule has 1 aromatic carbocycles. The largest absolute Gasteiger partial charge is 0.255 e. The third kappa shape index (κ3) is 2.96. The van der Waals surface area contributed by atoms with Gasteiger partial charge in [-0.1, -0.05) is 46.4 Å². The highest BCUT2D eigenvalue weighted by Gasteiger charge is 2.13. The minimum absolute atomic E-state index is 0.212. The quantitative estimate of drug-likeness (QED) is 0.688. The lowest BCUT2D eigenvalue weighted by atomic mass is 10.1. The Morgan fingerprint density at radius 3 is 2.26 bits per heavy atom. The lowest BCUT2D eigenvalue weighted by Gasteiger charge is -2.08. The van der Waals surface area contributed by atoms with E-state index in [4.69, 9.17) is 51.7 Å². The minimum atomic E-state index is 0.212. The molecule has 0 aliphatic heterocycles. The van der Waals surface area contributed by atoms with Crippen LogP contribution in [0.5, 0.6) is 0 Å². The van der Waals surface area contributed by atoms with Crippen molar-refractivity contribution in [1.82, 2.24) is 4.98 Å². The summed E-state index contributed by atoms with van der Waals surface area (Å²) in [6.45, 7) is 0. The highest BCUT2D eigenvalue weighted by atomic mass is 35.5. The fourth-order valence-electron chi connectivity index (χ4n) is 1.60. The van der Waals surface area contributed by atoms with Crippen molar-refractivity contribution < 1.29 is 0 Å². The van der Waals surface area contributed by atoms with E-state index >= 15 is 0 Å². The van der Waals surface area contributed by atoms with Crippen molar-refractivity contribution >= 4 is 46.4 Å². The van der Waals surface area contributed by atoms with E-state index < -0.39 is 0 Å². The smallest absolute Gasteiger partial charge is 0.0892 e. The van der Waals surface area contributed by atoms with Crippen LogP contribution in [-0.2, 0) is 6.42 Å². The molecule has 1 aromatic heterocycles. The van der Waals surface area contributed by atoms with Gasteiger partial charge in [0, 0.05) is 11.8 Å². The molecule has 0 N–H and O–H groups in total. The fourth-order valence-corrected chi connectivity index (χ4v) is 2.48. The van der Waals surface area contributed by atoms with Gasteiger partial charge >= 0.3 is 0 Å². The standard InChI is InChI=1S/C13H6Cl4N2/c14-9-5-8(6-10(15)12(9)17)13-11(16)7(1-3-18)2-4-19-13/h2,4-6H,1H2. The molecular formula is C13H6Cl4N2. The zero-order valence-corrected chi connectivity index (χ0v) is 12.4. The molecule has 0 bridgehead atoms. The number of nitrogens with zero attached hydrogens (tertiary/aromatic N) is 2. The second-order valence-electron chi connectivity index (χ2n) is 3.72. The summed E-state index contributed by atoms with van der Waals surface area (Å²) in [6, 6.07) is 7.03. The topological polar surface area (TPSA) is 36.7 Å². The van der Waals surface area contributed by atoms with Gasteiger partial charge in [0.25, 0.3) is 0 Å². The van der Waals surface area contributed by atoms with Crippen LogP contribution in [0.25, 0.3) is 11.3 Å². The lowest BCUT2D eigenvalue weighted by Crippen LogP contribution is -1.91. The van der Waals surface area contributed by atoms with E-state index in [0.29, 0.717) is 31.9 Å². The predicted octanol–water partition coefficient (Wildman–Crippen LogP) is 5.43. The molecule has 0 amide bonds. The first-order chi connectivity index (χ1) is 9.04. The number of pyridine rings is 1. The van der Waals surface area contributed by atoms with Crippen molar-refractivity contribution in [3.8, 4) is 17.3 Å². The Morgan fingerprint density at radius 1 is 1.05 bits per heavy atom. The summed E-state index contributed by atoms with van der Waals surface area (Å²) >= 11 is 24.1. The SMILES string of the molecule is N#CCc1ccnc(-c2cc(Cl)c(Cl)c(Cl)c2)c1Cl. The van der Waals surface area contributed by atoms with Crippen molar-refractivity contribution in [3.63, 3.8) is 0 Å². The third-order valence-electron chi connectivity index (χ3n) is 2.50. The van der Waals surface area contributed by atoms with E-state index in [1.807, 2.05) is 6.07 Å². The average molecular weight is 332 g/mol. The molecule has 2 rings (SSSR count). The van der Waals surface area contributed by atoms with Crippen LogP contribution in [0.2, 0.25) is 20.1 Å². The van der Waals surface area contributed by atoms with Crippen LogP contribution < -0.4 is 0 Å². The molecule has 2 aromatic rings. The Labute approximate surface area is 130 Å². The van der Waals surface area contributed by atoms with Gasteiger partial charge in [-0.2, -0.15) is 5.26 Å². The van der Waals surface area contributed by atoms with Crippen LogP contribution in [0.3, 0.4) is 0 Å². The molecule has 96 valence electrons. The molecule has 0 saturated heterocycles. The molecule has 1 heterocycles. The average Bonchev–Trinajstić information content (AvgIpc) is 2.38. The molecular weight excluding hydrogens is 326 g/mol. The molecule has 0 saturated carbocycles. The van der Waals surface area contributed by atoms with Gasteiger partial charge in [-0.05, 0) is 23.8 Å². The lowest BCUT2D eigenvalue weighted by molar-refractivity contribution is 1.21. The molecule has 0 aliphatic carbocycles. The van der Waals surface area contributed by atoms with Crippen LogP contribution in [0, 0.1) is 11.3 Å². The van der Waals surface area contributed by atoms with Crippen LogP contribution in [-0.4, -0.2) is 4.98 Å². The van der Waals surface area contributed by atoms with Crippen molar-refractivity contribution in [3.05, 3.63) is 50.0 Å². The Balaban J connectivity index is 2.60. The van der Waals surface area contributed by atoms with Gasteiger partial charge < -0.3 is 0 Å². The number of hydrogen-bond acceptors (Lipinski definition) is 2. The van der Waals surface area contributed by atoms with Crippen molar-refractivity contribution in [2.24, 2.45) is 0 Å². The molecule has 6 heteroatoms. The van der Waals surface area contributed by atoms with Crippen molar-refractivity contribution in [2.45, 2.75) is 6.42 Å². The summed E-state index contributed by atoms with van der Waals surface area (Å²) in [4.78, 5) is 4.20. The summed E-state index contributed by atoms with van der Waals surface area (Å²) in [5.41, 5.74) is 1.88. The summed E-state index contributed by atoms with van der Waals surface area (Å²) in [5.74, 6) is 0. The summed E-state index contributed by atoms with van der Waals surface area (Å²) in [6.07, 6.45) is 1.80. The van der Waals surface area contributed by atoms with Gasteiger partial charge in [0.1, 0.15) is 0 Å². The van der Waals surface area contributed by atoms with Gasteiger partial charge in [-0.25, -0.2) is 0 Å². The number of rotatable bonds is 2. The molecule has 2 nitrogen and oxygen atoms in total. The number of halogens is 4. The first-order valence-corrected chi connectivity index (χ1v) is 6.71. The van der Waals surface area contributed by atoms with Gasteiger partial charge in [0.15, 0.2) is 0 Å². The molecule has 0 aliphatic rings. The maximum atomic E-state index is 8.74. The highest BCUT2D eigenvalue weighted by molar-refractivity contribution is 6.48. The van der Waals surface area contributed by atoms with Crippen molar-refractivity contribution in [2.75, 3.05) is 0 Å². The van der Waals surface area contributed by atoms with Crippen LogP contribution in [0.4, 0.5) is 0 Å². The van der Waals surface area contributed by atoms with Gasteiger partial charge in [0.05, 0.1) is 38.3 Å².